The summed E-state index contributed by atoms with van der Waals surface area (Å²) in [6.45, 7) is 2.73. The Morgan fingerprint density at radius 1 is 1.13 bits per heavy atom. The summed E-state index contributed by atoms with van der Waals surface area (Å²) in [5, 5.41) is 10.3. The number of nitrogens with zero attached hydrogens (tertiary/aromatic N) is 5. The highest BCUT2D eigenvalue weighted by atomic mass is 35.5. The molecule has 0 radical (unpaired) electrons. The van der Waals surface area contributed by atoms with Gasteiger partial charge in [-0.1, -0.05) is 11.6 Å². The van der Waals surface area contributed by atoms with E-state index < -0.39 is 35.2 Å². The maximum atomic E-state index is 16.0. The second-order valence-corrected chi connectivity index (χ2v) is 9.46. The Labute approximate surface area is 219 Å². The predicted octanol–water partition coefficient (Wildman–Crippen LogP) is 4.72. The molecule has 4 heterocycles. The zero-order valence-corrected chi connectivity index (χ0v) is 21.1. The molecule has 1 aliphatic carbocycles. The number of aryl methyl sites for hydroxylation is 2. The molecule has 196 valence electrons. The first kappa shape index (κ1) is 25.8. The smallest absolute Gasteiger partial charge is 0.278 e. The third-order valence-electron chi connectivity index (χ3n) is 6.44. The number of aromatic nitrogens is 5. The minimum Gasteiger partial charge on any atom is -0.485 e. The molecule has 0 atom stereocenters. The first-order chi connectivity index (χ1) is 18.1. The number of pyridine rings is 3. The molecular weight excluding hydrogens is 523 g/mol. The van der Waals surface area contributed by atoms with Gasteiger partial charge in [-0.15, -0.1) is 0 Å². The Bertz CT molecular complexity index is 1620. The van der Waals surface area contributed by atoms with E-state index in [2.05, 4.69) is 19.9 Å². The van der Waals surface area contributed by atoms with Crippen LogP contribution in [0.1, 0.15) is 42.0 Å². The quantitative estimate of drug-likeness (QED) is 0.375. The van der Waals surface area contributed by atoms with Gasteiger partial charge in [0.25, 0.3) is 5.56 Å². The van der Waals surface area contributed by atoms with Gasteiger partial charge in [0.1, 0.15) is 40.2 Å². The fourth-order valence-corrected chi connectivity index (χ4v) is 4.42. The SMILES string of the molecule is Cc1cnc(-c2ccnc(C3(O)CCC3)n2)c(F)c1-n1c(C)cc(OCc2ncc(F)cc2F)c(Cl)c1=O. The highest BCUT2D eigenvalue weighted by molar-refractivity contribution is 6.31. The second-order valence-electron chi connectivity index (χ2n) is 9.08. The Morgan fingerprint density at radius 3 is 2.58 bits per heavy atom. The largest absolute Gasteiger partial charge is 0.485 e. The first-order valence-corrected chi connectivity index (χ1v) is 12.0. The zero-order chi connectivity index (χ0) is 27.2. The number of hydrogen-bond acceptors (Lipinski definition) is 7. The van der Waals surface area contributed by atoms with Crippen LogP contribution in [0, 0.1) is 31.3 Å². The molecule has 8 nitrogen and oxygen atoms in total. The fourth-order valence-electron chi connectivity index (χ4n) is 4.23. The molecule has 38 heavy (non-hydrogen) atoms. The van der Waals surface area contributed by atoms with Crippen molar-refractivity contribution in [2.45, 2.75) is 45.3 Å². The molecule has 0 aliphatic heterocycles. The number of rotatable bonds is 6. The highest BCUT2D eigenvalue weighted by Crippen LogP contribution is 2.39. The van der Waals surface area contributed by atoms with E-state index in [1.54, 1.807) is 13.8 Å². The van der Waals surface area contributed by atoms with E-state index >= 15 is 4.39 Å². The Balaban J connectivity index is 1.53. The van der Waals surface area contributed by atoms with Gasteiger partial charge in [-0.2, -0.15) is 0 Å². The second kappa shape index (κ2) is 9.80. The van der Waals surface area contributed by atoms with Crippen LogP contribution in [0.5, 0.6) is 5.75 Å². The molecule has 1 aliphatic rings. The van der Waals surface area contributed by atoms with Crippen LogP contribution in [0.15, 0.2) is 41.6 Å². The van der Waals surface area contributed by atoms with E-state index in [0.717, 1.165) is 17.2 Å². The third kappa shape index (κ3) is 4.52. The van der Waals surface area contributed by atoms with E-state index in [1.807, 2.05) is 0 Å². The Morgan fingerprint density at radius 2 is 1.89 bits per heavy atom. The number of ether oxygens (including phenoxy) is 1. The van der Waals surface area contributed by atoms with Gasteiger partial charge in [-0.25, -0.2) is 23.1 Å². The number of halogens is 4. The molecule has 12 heteroatoms. The fraction of sp³-hybridized carbons (Fsp3) is 0.269. The maximum absolute atomic E-state index is 16.0. The molecule has 1 saturated carbocycles. The number of hydrogen-bond donors (Lipinski definition) is 1. The lowest BCUT2D eigenvalue weighted by atomic mass is 9.79. The molecule has 1 fully saturated rings. The molecule has 1 N–H and O–H groups in total. The van der Waals surface area contributed by atoms with Crippen LogP contribution in [0.3, 0.4) is 0 Å². The first-order valence-electron chi connectivity index (χ1n) is 11.7. The van der Waals surface area contributed by atoms with Crippen molar-refractivity contribution in [1.82, 2.24) is 24.5 Å². The van der Waals surface area contributed by atoms with Gasteiger partial charge in [0, 0.05) is 30.2 Å². The van der Waals surface area contributed by atoms with E-state index in [-0.39, 0.29) is 45.1 Å². The molecule has 4 aromatic heterocycles. The van der Waals surface area contributed by atoms with Crippen molar-refractivity contribution < 1.29 is 23.0 Å². The average molecular weight is 544 g/mol. The zero-order valence-electron chi connectivity index (χ0n) is 20.3. The van der Waals surface area contributed by atoms with Crippen molar-refractivity contribution in [1.29, 1.82) is 0 Å². The van der Waals surface area contributed by atoms with Crippen LogP contribution in [-0.2, 0) is 12.2 Å². The molecule has 0 bridgehead atoms. The third-order valence-corrected chi connectivity index (χ3v) is 6.79. The van der Waals surface area contributed by atoms with Gasteiger partial charge >= 0.3 is 0 Å². The molecular formula is C26H21ClF3N5O3. The molecule has 0 aromatic carbocycles. The lowest BCUT2D eigenvalue weighted by Crippen LogP contribution is -2.35. The van der Waals surface area contributed by atoms with Crippen molar-refractivity contribution in [3.05, 3.63) is 92.4 Å². The summed E-state index contributed by atoms with van der Waals surface area (Å²) in [6, 6.07) is 3.54. The molecule has 0 amide bonds. The monoisotopic (exact) mass is 543 g/mol. The van der Waals surface area contributed by atoms with Gasteiger partial charge in [0.15, 0.2) is 17.5 Å². The van der Waals surface area contributed by atoms with Gasteiger partial charge in [0.2, 0.25) is 0 Å². The Hall–Kier alpha value is -3.83. The van der Waals surface area contributed by atoms with Crippen LogP contribution in [-0.4, -0.2) is 29.6 Å². The average Bonchev–Trinajstić information content (AvgIpc) is 2.86. The summed E-state index contributed by atoms with van der Waals surface area (Å²) in [7, 11) is 0. The summed E-state index contributed by atoms with van der Waals surface area (Å²) in [5.74, 6) is -2.45. The van der Waals surface area contributed by atoms with Gasteiger partial charge < -0.3 is 9.84 Å². The van der Waals surface area contributed by atoms with E-state index in [1.165, 1.54) is 24.5 Å². The molecule has 0 unspecified atom stereocenters. The lowest BCUT2D eigenvalue weighted by molar-refractivity contribution is -0.0466. The number of aliphatic hydroxyl groups is 1. The lowest BCUT2D eigenvalue weighted by Gasteiger charge is -2.34. The van der Waals surface area contributed by atoms with E-state index in [0.29, 0.717) is 24.5 Å². The van der Waals surface area contributed by atoms with Gasteiger partial charge in [-0.3, -0.25) is 19.3 Å². The standard InChI is InChI=1S/C26H21ClF3N5O3/c1-13-10-33-22(17-4-7-31-25(34-17)26(37)5-3-6-26)21(30)23(13)35-14(2)8-19(20(27)24(35)36)38-12-18-16(29)9-15(28)11-32-18/h4,7-11,37H,3,5-6,12H2,1-2H3. The van der Waals surface area contributed by atoms with Gasteiger partial charge in [0.05, 0.1) is 17.6 Å². The molecule has 0 saturated heterocycles. The van der Waals surface area contributed by atoms with E-state index in [9.17, 15) is 18.7 Å². The highest BCUT2D eigenvalue weighted by Gasteiger charge is 2.39. The minimum atomic E-state index is -1.15. The Kier molecular flexibility index (Phi) is 6.66. The summed E-state index contributed by atoms with van der Waals surface area (Å²) < 4.78 is 49.6. The minimum absolute atomic E-state index is 0.0718. The van der Waals surface area contributed by atoms with Crippen molar-refractivity contribution in [2.24, 2.45) is 0 Å². The van der Waals surface area contributed by atoms with Crippen LogP contribution in [0.2, 0.25) is 5.02 Å². The van der Waals surface area contributed by atoms with Gasteiger partial charge in [-0.05, 0) is 44.7 Å². The van der Waals surface area contributed by atoms with Crippen LogP contribution >= 0.6 is 11.6 Å². The summed E-state index contributed by atoms with van der Waals surface area (Å²) in [6.07, 6.45) is 5.53. The summed E-state index contributed by atoms with van der Waals surface area (Å²) >= 11 is 6.29. The van der Waals surface area contributed by atoms with Crippen molar-refractivity contribution in [2.75, 3.05) is 0 Å². The molecule has 5 rings (SSSR count). The van der Waals surface area contributed by atoms with Crippen molar-refractivity contribution in [3.63, 3.8) is 0 Å². The van der Waals surface area contributed by atoms with Crippen LogP contribution < -0.4 is 10.3 Å². The predicted molar refractivity (Wildman–Crippen MR) is 132 cm³/mol. The molecule has 4 aromatic rings. The van der Waals surface area contributed by atoms with Crippen molar-refractivity contribution in [3.8, 4) is 22.8 Å². The topological polar surface area (TPSA) is 103 Å². The van der Waals surface area contributed by atoms with Crippen LogP contribution in [0.25, 0.3) is 17.1 Å². The summed E-state index contributed by atoms with van der Waals surface area (Å²) in [4.78, 5) is 29.6. The van der Waals surface area contributed by atoms with Crippen molar-refractivity contribution >= 4 is 11.6 Å². The normalized spacial score (nSPS) is 14.3. The summed E-state index contributed by atoms with van der Waals surface area (Å²) in [5.41, 5.74) is -1.54. The van der Waals surface area contributed by atoms with Crippen LogP contribution in [0.4, 0.5) is 13.2 Å². The maximum Gasteiger partial charge on any atom is 0.278 e. The van der Waals surface area contributed by atoms with E-state index in [4.69, 9.17) is 16.3 Å². The molecule has 0 spiro atoms.